The highest BCUT2D eigenvalue weighted by molar-refractivity contribution is 7.11. The Bertz CT molecular complexity index is 355. The molecule has 2 nitrogen and oxygen atoms in total. The van der Waals surface area contributed by atoms with Crippen molar-refractivity contribution in [3.63, 3.8) is 0 Å². The molecule has 18 heavy (non-hydrogen) atoms. The maximum Gasteiger partial charge on any atom is 0.0334 e. The van der Waals surface area contributed by atoms with Crippen molar-refractivity contribution in [3.05, 3.63) is 34.5 Å². The quantitative estimate of drug-likeness (QED) is 0.723. The second kappa shape index (κ2) is 7.72. The van der Waals surface area contributed by atoms with Crippen LogP contribution in [0.4, 0.5) is 0 Å². The maximum atomic E-state index is 3.83. The predicted octanol–water partition coefficient (Wildman–Crippen LogP) is 3.64. The van der Waals surface area contributed by atoms with Crippen LogP contribution in [0.3, 0.4) is 0 Å². The van der Waals surface area contributed by atoms with Crippen LogP contribution in [0.5, 0.6) is 0 Å². The summed E-state index contributed by atoms with van der Waals surface area (Å²) >= 11 is 1.91. The van der Waals surface area contributed by atoms with Gasteiger partial charge in [0.15, 0.2) is 0 Å². The van der Waals surface area contributed by atoms with Gasteiger partial charge in [-0.05, 0) is 26.0 Å². The Morgan fingerprint density at radius 3 is 2.50 bits per heavy atom. The number of rotatable bonds is 8. The van der Waals surface area contributed by atoms with Gasteiger partial charge in [-0.1, -0.05) is 19.9 Å². The van der Waals surface area contributed by atoms with E-state index in [9.17, 15) is 0 Å². The lowest BCUT2D eigenvalue weighted by Gasteiger charge is -2.24. The molecule has 0 spiro atoms. The summed E-state index contributed by atoms with van der Waals surface area (Å²) in [5.41, 5.74) is 0. The number of nitrogens with zero attached hydrogens (tertiary/aromatic N) is 1. The molecule has 1 aromatic rings. The van der Waals surface area contributed by atoms with Gasteiger partial charge < -0.3 is 5.32 Å². The highest BCUT2D eigenvalue weighted by Crippen LogP contribution is 2.19. The summed E-state index contributed by atoms with van der Waals surface area (Å²) in [6.45, 7) is 15.6. The molecule has 0 fully saturated rings. The van der Waals surface area contributed by atoms with Gasteiger partial charge in [0, 0.05) is 41.5 Å². The summed E-state index contributed by atoms with van der Waals surface area (Å²) < 4.78 is 0. The fourth-order valence-electron chi connectivity index (χ4n) is 1.73. The second-order valence-corrected chi connectivity index (χ2v) is 6.47. The molecule has 3 heteroatoms. The van der Waals surface area contributed by atoms with Gasteiger partial charge in [0.1, 0.15) is 0 Å². The molecule has 102 valence electrons. The first-order valence-electron chi connectivity index (χ1n) is 6.68. The SMILES string of the molecule is C=CCN(Cc1ccc(CNC(C)C)s1)C(C)C. The lowest BCUT2D eigenvalue weighted by molar-refractivity contribution is 0.239. The van der Waals surface area contributed by atoms with E-state index >= 15 is 0 Å². The molecule has 0 aliphatic carbocycles. The molecule has 0 atom stereocenters. The van der Waals surface area contributed by atoms with E-state index in [1.54, 1.807) is 0 Å². The van der Waals surface area contributed by atoms with Crippen molar-refractivity contribution in [2.24, 2.45) is 0 Å². The zero-order chi connectivity index (χ0) is 13.5. The van der Waals surface area contributed by atoms with Crippen LogP contribution in [-0.4, -0.2) is 23.5 Å². The van der Waals surface area contributed by atoms with Gasteiger partial charge in [-0.3, -0.25) is 4.90 Å². The maximum absolute atomic E-state index is 3.83. The third-order valence-corrected chi connectivity index (χ3v) is 3.92. The summed E-state index contributed by atoms with van der Waals surface area (Å²) in [4.78, 5) is 5.28. The van der Waals surface area contributed by atoms with Gasteiger partial charge in [0.2, 0.25) is 0 Å². The van der Waals surface area contributed by atoms with Crippen LogP contribution in [0.2, 0.25) is 0 Å². The number of hydrogen-bond donors (Lipinski definition) is 1. The summed E-state index contributed by atoms with van der Waals surface area (Å²) in [5, 5.41) is 3.46. The van der Waals surface area contributed by atoms with Crippen molar-refractivity contribution in [1.82, 2.24) is 10.2 Å². The predicted molar refractivity (Wildman–Crippen MR) is 82.0 cm³/mol. The van der Waals surface area contributed by atoms with Crippen LogP contribution in [0.1, 0.15) is 37.4 Å². The first kappa shape index (κ1) is 15.4. The highest BCUT2D eigenvalue weighted by atomic mass is 32.1. The molecular formula is C15H26N2S. The molecule has 1 rings (SSSR count). The average molecular weight is 266 g/mol. The van der Waals surface area contributed by atoms with E-state index in [1.807, 2.05) is 17.4 Å². The number of thiophene rings is 1. The summed E-state index contributed by atoms with van der Waals surface area (Å²) in [6, 6.07) is 5.59. The molecule has 0 unspecified atom stereocenters. The second-order valence-electron chi connectivity index (χ2n) is 5.22. The normalized spacial score (nSPS) is 11.7. The Morgan fingerprint density at radius 2 is 1.94 bits per heavy atom. The van der Waals surface area contributed by atoms with Gasteiger partial charge >= 0.3 is 0 Å². The molecule has 0 amide bonds. The topological polar surface area (TPSA) is 15.3 Å². The summed E-state index contributed by atoms with van der Waals surface area (Å²) in [7, 11) is 0. The van der Waals surface area contributed by atoms with Gasteiger partial charge in [-0.25, -0.2) is 0 Å². The highest BCUT2D eigenvalue weighted by Gasteiger charge is 2.10. The minimum atomic E-state index is 0.545. The van der Waals surface area contributed by atoms with Crippen LogP contribution < -0.4 is 5.32 Å². The zero-order valence-corrected chi connectivity index (χ0v) is 12.9. The monoisotopic (exact) mass is 266 g/mol. The Labute approximate surface area is 116 Å². The molecule has 0 bridgehead atoms. The minimum absolute atomic E-state index is 0.545. The molecule has 0 aromatic carbocycles. The van der Waals surface area contributed by atoms with Crippen molar-refractivity contribution in [3.8, 4) is 0 Å². The minimum Gasteiger partial charge on any atom is -0.310 e. The third-order valence-electron chi connectivity index (χ3n) is 2.85. The Balaban J connectivity index is 2.53. The molecule has 1 heterocycles. The van der Waals surface area contributed by atoms with E-state index < -0.39 is 0 Å². The van der Waals surface area contributed by atoms with Crippen LogP contribution in [0.25, 0.3) is 0 Å². The largest absolute Gasteiger partial charge is 0.310 e. The molecule has 0 saturated carbocycles. The summed E-state index contributed by atoms with van der Waals surface area (Å²) in [6.07, 6.45) is 1.98. The Kier molecular flexibility index (Phi) is 6.61. The summed E-state index contributed by atoms with van der Waals surface area (Å²) in [5.74, 6) is 0. The van der Waals surface area contributed by atoms with Crippen LogP contribution in [-0.2, 0) is 13.1 Å². The van der Waals surface area contributed by atoms with Gasteiger partial charge in [-0.15, -0.1) is 17.9 Å². The molecular weight excluding hydrogens is 240 g/mol. The van der Waals surface area contributed by atoms with Crippen molar-refractivity contribution in [1.29, 1.82) is 0 Å². The van der Waals surface area contributed by atoms with Crippen LogP contribution >= 0.6 is 11.3 Å². The zero-order valence-electron chi connectivity index (χ0n) is 12.1. The standard InChI is InChI=1S/C15H26N2S/c1-6-9-17(13(4)5)11-15-8-7-14(18-15)10-16-12(2)3/h6-8,12-13,16H,1,9-11H2,2-5H3. The first-order chi connectivity index (χ1) is 8.52. The van der Waals surface area contributed by atoms with Crippen molar-refractivity contribution >= 4 is 11.3 Å². The van der Waals surface area contributed by atoms with E-state index in [0.717, 1.165) is 19.6 Å². The van der Waals surface area contributed by atoms with Gasteiger partial charge in [-0.2, -0.15) is 0 Å². The van der Waals surface area contributed by atoms with Gasteiger partial charge in [0.05, 0.1) is 0 Å². The van der Waals surface area contributed by atoms with Crippen molar-refractivity contribution in [2.75, 3.05) is 6.54 Å². The lowest BCUT2D eigenvalue weighted by atomic mass is 10.3. The smallest absolute Gasteiger partial charge is 0.0334 e. The Hall–Kier alpha value is -0.640. The van der Waals surface area contributed by atoms with E-state index in [1.165, 1.54) is 9.75 Å². The Morgan fingerprint density at radius 1 is 1.28 bits per heavy atom. The van der Waals surface area contributed by atoms with E-state index in [-0.39, 0.29) is 0 Å². The lowest BCUT2D eigenvalue weighted by Crippen LogP contribution is -2.29. The molecule has 0 saturated heterocycles. The van der Waals surface area contributed by atoms with E-state index in [4.69, 9.17) is 0 Å². The molecule has 0 radical (unpaired) electrons. The molecule has 1 aromatic heterocycles. The van der Waals surface area contributed by atoms with Crippen molar-refractivity contribution < 1.29 is 0 Å². The van der Waals surface area contributed by atoms with Gasteiger partial charge in [0.25, 0.3) is 0 Å². The molecule has 0 aliphatic rings. The van der Waals surface area contributed by atoms with Crippen LogP contribution in [0.15, 0.2) is 24.8 Å². The average Bonchev–Trinajstić information content (AvgIpc) is 2.73. The van der Waals surface area contributed by atoms with E-state index in [2.05, 4.69) is 56.6 Å². The fraction of sp³-hybridized carbons (Fsp3) is 0.600. The molecule has 0 aliphatic heterocycles. The van der Waals surface area contributed by atoms with E-state index in [0.29, 0.717) is 12.1 Å². The molecule has 1 N–H and O–H groups in total. The third kappa shape index (κ3) is 5.34. The fourth-order valence-corrected chi connectivity index (χ4v) is 2.73. The number of nitrogens with one attached hydrogen (secondary N) is 1. The first-order valence-corrected chi connectivity index (χ1v) is 7.50. The van der Waals surface area contributed by atoms with Crippen LogP contribution in [0, 0.1) is 0 Å². The number of hydrogen-bond acceptors (Lipinski definition) is 3. The van der Waals surface area contributed by atoms with Crippen molar-refractivity contribution in [2.45, 2.75) is 52.9 Å².